The highest BCUT2D eigenvalue weighted by atomic mass is 32.1. The molecule has 3 aromatic rings. The van der Waals surface area contributed by atoms with E-state index in [0.717, 1.165) is 41.7 Å². The van der Waals surface area contributed by atoms with Gasteiger partial charge in [-0.1, -0.05) is 6.07 Å². The van der Waals surface area contributed by atoms with E-state index >= 15 is 0 Å². The zero-order valence-electron chi connectivity index (χ0n) is 21.4. The van der Waals surface area contributed by atoms with Gasteiger partial charge in [-0.3, -0.25) is 15.0 Å². The third-order valence-corrected chi connectivity index (χ3v) is 7.47. The Morgan fingerprint density at radius 1 is 1.10 bits per heavy atom. The number of rotatable bonds is 10. The highest BCUT2D eigenvalue weighted by Gasteiger charge is 2.27. The molecule has 1 amide bonds. The number of aryl methyl sites for hydroxylation is 1. The maximum Gasteiger partial charge on any atom is 0.345 e. The van der Waals surface area contributed by atoms with Crippen molar-refractivity contribution in [1.29, 1.82) is 5.41 Å². The van der Waals surface area contributed by atoms with Crippen molar-refractivity contribution in [3.63, 3.8) is 0 Å². The van der Waals surface area contributed by atoms with Crippen LogP contribution >= 0.6 is 11.3 Å². The highest BCUT2D eigenvalue weighted by molar-refractivity contribution is 7.12. The summed E-state index contributed by atoms with van der Waals surface area (Å²) in [5.41, 5.74) is 8.69. The van der Waals surface area contributed by atoms with Gasteiger partial charge in [-0.2, -0.15) is 0 Å². The van der Waals surface area contributed by atoms with Crippen LogP contribution in [-0.4, -0.2) is 51.4 Å². The first kappa shape index (κ1) is 28.3. The van der Waals surface area contributed by atoms with Crippen LogP contribution in [0.4, 0.5) is 5.69 Å². The van der Waals surface area contributed by atoms with Gasteiger partial charge >= 0.3 is 17.9 Å². The van der Waals surface area contributed by atoms with Crippen LogP contribution in [0.25, 0.3) is 0 Å². The number of aliphatic carboxylic acids is 1. The van der Waals surface area contributed by atoms with E-state index in [4.69, 9.17) is 21.0 Å². The molecule has 40 heavy (non-hydrogen) atoms. The molecule has 1 aliphatic rings. The number of aromatic carboxylic acids is 1. The number of ether oxygens (including phenoxy) is 1. The number of nitrogens with two attached hydrogens (primary N) is 1. The van der Waals surface area contributed by atoms with Gasteiger partial charge in [0, 0.05) is 18.7 Å². The SMILES string of the molecule is N=C(N)Nc1ccc(C(=O)Oc2ccc3c(c2)CCCC3CC(=O)N(CC(=O)O)Cc2csc(C(=O)O)c2)cc1. The zero-order chi connectivity index (χ0) is 28.8. The Morgan fingerprint density at radius 3 is 2.50 bits per heavy atom. The maximum absolute atomic E-state index is 13.2. The summed E-state index contributed by atoms with van der Waals surface area (Å²) in [4.78, 5) is 49.8. The molecule has 1 aliphatic carbocycles. The third-order valence-electron chi connectivity index (χ3n) is 6.50. The van der Waals surface area contributed by atoms with Crippen LogP contribution in [0.15, 0.2) is 53.9 Å². The molecule has 1 heterocycles. The van der Waals surface area contributed by atoms with Crippen LogP contribution in [0.3, 0.4) is 0 Å². The average Bonchev–Trinajstić information content (AvgIpc) is 3.37. The van der Waals surface area contributed by atoms with Gasteiger partial charge in [0.2, 0.25) is 5.91 Å². The highest BCUT2D eigenvalue weighted by Crippen LogP contribution is 2.36. The smallest absolute Gasteiger partial charge is 0.345 e. The van der Waals surface area contributed by atoms with Gasteiger partial charge in [0.05, 0.1) is 5.56 Å². The molecule has 0 aliphatic heterocycles. The molecular weight excluding hydrogens is 536 g/mol. The van der Waals surface area contributed by atoms with E-state index < -0.39 is 24.5 Å². The largest absolute Gasteiger partial charge is 0.480 e. The number of guanidine groups is 1. The summed E-state index contributed by atoms with van der Waals surface area (Å²) in [6.07, 6.45) is 2.43. The standard InChI is InChI=1S/C28H28N4O7S/c29-28(30)31-20-6-4-17(5-7-20)27(38)39-21-8-9-22-18(11-21)2-1-3-19(22)12-24(33)32(14-25(34)35)13-16-10-23(26(36)37)40-15-16/h4-11,15,19H,1-3,12-14H2,(H,34,35)(H,36,37)(H4,29,30,31). The van der Waals surface area contributed by atoms with Gasteiger partial charge in [-0.05, 0) is 89.7 Å². The van der Waals surface area contributed by atoms with Crippen molar-refractivity contribution in [2.24, 2.45) is 5.73 Å². The van der Waals surface area contributed by atoms with E-state index in [1.807, 2.05) is 6.07 Å². The van der Waals surface area contributed by atoms with Gasteiger partial charge < -0.3 is 30.9 Å². The number of carbonyl (C=O) groups is 4. The number of nitrogens with one attached hydrogen (secondary N) is 2. The van der Waals surface area contributed by atoms with Gasteiger partial charge in [0.25, 0.3) is 0 Å². The normalized spacial score (nSPS) is 14.1. The Labute approximate surface area is 233 Å². The lowest BCUT2D eigenvalue weighted by Gasteiger charge is -2.28. The Kier molecular flexibility index (Phi) is 8.80. The number of thiophene rings is 1. The van der Waals surface area contributed by atoms with E-state index in [-0.39, 0.29) is 35.6 Å². The summed E-state index contributed by atoms with van der Waals surface area (Å²) >= 11 is 1.03. The minimum absolute atomic E-state index is 0.00910. The van der Waals surface area contributed by atoms with E-state index in [2.05, 4.69) is 5.32 Å². The van der Waals surface area contributed by atoms with Crippen LogP contribution in [0, 0.1) is 5.41 Å². The summed E-state index contributed by atoms with van der Waals surface area (Å²) in [5.74, 6) is -3.06. The number of hydrogen-bond acceptors (Lipinski definition) is 7. The van der Waals surface area contributed by atoms with Crippen LogP contribution in [0.1, 0.15) is 61.9 Å². The number of carboxylic acid groups (broad SMARTS) is 2. The number of nitrogens with zero attached hydrogens (tertiary/aromatic N) is 1. The number of benzene rings is 2. The maximum atomic E-state index is 13.2. The number of anilines is 1. The minimum atomic E-state index is -1.15. The minimum Gasteiger partial charge on any atom is -0.480 e. The first-order valence-electron chi connectivity index (χ1n) is 12.5. The summed E-state index contributed by atoms with van der Waals surface area (Å²) in [6.45, 7) is -0.480. The van der Waals surface area contributed by atoms with Crippen molar-refractivity contribution in [1.82, 2.24) is 4.90 Å². The third kappa shape index (κ3) is 7.23. The second-order valence-corrected chi connectivity index (χ2v) is 10.3. The van der Waals surface area contributed by atoms with Gasteiger partial charge in [0.1, 0.15) is 17.2 Å². The number of amides is 1. The number of carboxylic acids is 2. The first-order valence-corrected chi connectivity index (χ1v) is 13.3. The predicted molar refractivity (Wildman–Crippen MR) is 148 cm³/mol. The molecule has 6 N–H and O–H groups in total. The molecule has 11 nitrogen and oxygen atoms in total. The van der Waals surface area contributed by atoms with E-state index in [9.17, 15) is 24.3 Å². The van der Waals surface area contributed by atoms with Crippen molar-refractivity contribution in [2.45, 2.75) is 38.1 Å². The molecule has 0 saturated carbocycles. The Balaban J connectivity index is 1.43. The van der Waals surface area contributed by atoms with E-state index in [0.29, 0.717) is 22.6 Å². The lowest BCUT2D eigenvalue weighted by Crippen LogP contribution is -2.36. The fourth-order valence-electron chi connectivity index (χ4n) is 4.70. The molecule has 1 aromatic heterocycles. The lowest BCUT2D eigenvalue weighted by atomic mass is 9.80. The topological polar surface area (TPSA) is 183 Å². The van der Waals surface area contributed by atoms with Crippen molar-refractivity contribution in [3.8, 4) is 5.75 Å². The molecule has 12 heteroatoms. The molecule has 1 unspecified atom stereocenters. The quantitative estimate of drug-likeness (QED) is 0.105. The number of carbonyl (C=O) groups excluding carboxylic acids is 2. The summed E-state index contributed by atoms with van der Waals surface area (Å²) in [5, 5.41) is 30.0. The second kappa shape index (κ2) is 12.4. The molecule has 2 aromatic carbocycles. The van der Waals surface area contributed by atoms with Gasteiger partial charge in [0.15, 0.2) is 5.96 Å². The van der Waals surface area contributed by atoms with Crippen molar-refractivity contribution < 1.29 is 34.1 Å². The molecule has 0 spiro atoms. The molecule has 0 fully saturated rings. The van der Waals surface area contributed by atoms with Crippen LogP contribution in [0.5, 0.6) is 5.75 Å². The first-order chi connectivity index (χ1) is 19.1. The Morgan fingerprint density at radius 2 is 1.85 bits per heavy atom. The molecule has 208 valence electrons. The van der Waals surface area contributed by atoms with Crippen LogP contribution in [0.2, 0.25) is 0 Å². The van der Waals surface area contributed by atoms with E-state index in [1.54, 1.807) is 41.8 Å². The van der Waals surface area contributed by atoms with Gasteiger partial charge in [-0.25, -0.2) is 9.59 Å². The fraction of sp³-hybridized carbons (Fsp3) is 0.250. The number of fused-ring (bicyclic) bond motifs is 1. The summed E-state index contributed by atoms with van der Waals surface area (Å²) in [7, 11) is 0. The lowest BCUT2D eigenvalue weighted by molar-refractivity contribution is -0.145. The second-order valence-electron chi connectivity index (χ2n) is 9.43. The van der Waals surface area contributed by atoms with Crippen molar-refractivity contribution in [3.05, 3.63) is 81.0 Å². The Bertz CT molecular complexity index is 1450. The Hall–Kier alpha value is -4.71. The number of esters is 1. The zero-order valence-corrected chi connectivity index (χ0v) is 22.2. The van der Waals surface area contributed by atoms with Crippen molar-refractivity contribution in [2.75, 3.05) is 11.9 Å². The predicted octanol–water partition coefficient (Wildman–Crippen LogP) is 3.89. The van der Waals surface area contributed by atoms with Crippen LogP contribution < -0.4 is 15.8 Å². The van der Waals surface area contributed by atoms with Crippen LogP contribution in [-0.2, 0) is 22.6 Å². The molecule has 0 radical (unpaired) electrons. The molecule has 1 atom stereocenters. The molecular formula is C28H28N4O7S. The van der Waals surface area contributed by atoms with Gasteiger partial charge in [-0.15, -0.1) is 11.3 Å². The molecule has 0 saturated heterocycles. The fourth-order valence-corrected chi connectivity index (χ4v) is 5.45. The van der Waals surface area contributed by atoms with Crippen molar-refractivity contribution >= 4 is 46.8 Å². The molecule has 4 rings (SSSR count). The summed E-state index contributed by atoms with van der Waals surface area (Å²) in [6, 6.07) is 13.1. The number of hydrogen-bond donors (Lipinski definition) is 5. The molecule has 0 bridgehead atoms. The summed E-state index contributed by atoms with van der Waals surface area (Å²) < 4.78 is 5.56. The van der Waals surface area contributed by atoms with E-state index in [1.165, 1.54) is 11.0 Å². The monoisotopic (exact) mass is 564 g/mol. The average molecular weight is 565 g/mol.